The fourth-order valence-corrected chi connectivity index (χ4v) is 3.83. The van der Waals surface area contributed by atoms with E-state index in [4.69, 9.17) is 15.5 Å². The summed E-state index contributed by atoms with van der Waals surface area (Å²) >= 11 is 0. The van der Waals surface area contributed by atoms with Crippen LogP contribution in [0.15, 0.2) is 42.9 Å². The normalized spacial score (nSPS) is 14.6. The van der Waals surface area contributed by atoms with E-state index in [1.165, 1.54) is 6.42 Å². The van der Waals surface area contributed by atoms with Gasteiger partial charge in [-0.05, 0) is 25.3 Å². The molecule has 3 N–H and O–H groups in total. The Bertz CT molecular complexity index is 1180. The topological polar surface area (TPSA) is 86.2 Å². The van der Waals surface area contributed by atoms with Gasteiger partial charge in [0.25, 0.3) is 0 Å². The number of aromatic nitrogens is 3. The van der Waals surface area contributed by atoms with Crippen molar-refractivity contribution in [1.29, 1.82) is 0 Å². The van der Waals surface area contributed by atoms with Crippen LogP contribution in [-0.2, 0) is 0 Å². The number of ether oxygens (including phenoxy) is 1. The molecule has 0 unspecified atom stereocenters. The fraction of sp³-hybridized carbons (Fsp3) is 0.238. The molecule has 3 aromatic heterocycles. The molecule has 27 heavy (non-hydrogen) atoms. The minimum atomic E-state index is 0.218. The summed E-state index contributed by atoms with van der Waals surface area (Å²) in [6.07, 6.45) is 8.73. The third-order valence-corrected chi connectivity index (χ3v) is 5.54. The van der Waals surface area contributed by atoms with Crippen molar-refractivity contribution in [2.45, 2.75) is 25.3 Å². The lowest BCUT2D eigenvalue weighted by Gasteiger charge is -2.27. The van der Waals surface area contributed by atoms with E-state index in [1.807, 2.05) is 35.0 Å². The number of nitrogens with zero attached hydrogens (tertiary/aromatic N) is 3. The average molecular weight is 360 g/mol. The molecule has 6 heteroatoms. The molecule has 136 valence electrons. The third-order valence-electron chi connectivity index (χ3n) is 5.54. The van der Waals surface area contributed by atoms with E-state index in [9.17, 15) is 5.11 Å². The largest absolute Gasteiger partial charge is 0.495 e. The predicted octanol–water partition coefficient (Wildman–Crippen LogP) is 4.27. The number of benzene rings is 1. The van der Waals surface area contributed by atoms with Crippen LogP contribution >= 0.6 is 0 Å². The van der Waals surface area contributed by atoms with Crippen molar-refractivity contribution in [3.63, 3.8) is 0 Å². The molecule has 0 bridgehead atoms. The number of aromatic hydroxyl groups is 1. The quantitative estimate of drug-likeness (QED) is 0.570. The summed E-state index contributed by atoms with van der Waals surface area (Å²) in [5.41, 5.74) is 10.4. The monoisotopic (exact) mass is 360 g/mol. The predicted molar refractivity (Wildman–Crippen MR) is 106 cm³/mol. The Kier molecular flexibility index (Phi) is 3.47. The van der Waals surface area contributed by atoms with Gasteiger partial charge in [0.2, 0.25) is 5.88 Å². The van der Waals surface area contributed by atoms with Gasteiger partial charge in [-0.1, -0.05) is 18.2 Å². The molecule has 1 aliphatic rings. The first-order valence-corrected chi connectivity index (χ1v) is 9.08. The number of nitrogens with two attached hydrogens (primary N) is 1. The molecule has 6 nitrogen and oxygen atoms in total. The zero-order chi connectivity index (χ0) is 18.5. The molecular formula is C21H20N4O2. The smallest absolute Gasteiger partial charge is 0.203 e. The molecule has 0 aliphatic heterocycles. The number of fused-ring (bicyclic) bond motifs is 2. The molecule has 0 radical (unpaired) electrons. The van der Waals surface area contributed by atoms with Crippen LogP contribution in [-0.4, -0.2) is 26.8 Å². The highest BCUT2D eigenvalue weighted by atomic mass is 16.5. The van der Waals surface area contributed by atoms with Gasteiger partial charge in [-0.2, -0.15) is 0 Å². The summed E-state index contributed by atoms with van der Waals surface area (Å²) in [7, 11) is 1.62. The van der Waals surface area contributed by atoms with Crippen molar-refractivity contribution in [2.75, 3.05) is 12.8 Å². The number of para-hydroxylation sites is 1. The minimum absolute atomic E-state index is 0.218. The molecule has 1 fully saturated rings. The lowest BCUT2D eigenvalue weighted by molar-refractivity contribution is 0.283. The first-order chi connectivity index (χ1) is 13.2. The highest BCUT2D eigenvalue weighted by molar-refractivity contribution is 6.12. The SMILES string of the molecule is COc1cncc(-c2cccc3c(N)c4c(O)n(C5CCC5)cc4nc23)c1. The molecule has 0 atom stereocenters. The molecule has 5 rings (SSSR count). The van der Waals surface area contributed by atoms with Crippen molar-refractivity contribution < 1.29 is 9.84 Å². The van der Waals surface area contributed by atoms with Gasteiger partial charge in [0.05, 0.1) is 35.4 Å². The summed E-state index contributed by atoms with van der Waals surface area (Å²) in [5, 5.41) is 12.2. The van der Waals surface area contributed by atoms with Crippen LogP contribution in [0.2, 0.25) is 0 Å². The molecular weight excluding hydrogens is 340 g/mol. The first kappa shape index (κ1) is 15.9. The van der Waals surface area contributed by atoms with E-state index in [0.717, 1.165) is 34.9 Å². The average Bonchev–Trinajstić information content (AvgIpc) is 2.96. The van der Waals surface area contributed by atoms with Gasteiger partial charge in [0.1, 0.15) is 5.75 Å². The fourth-order valence-electron chi connectivity index (χ4n) is 3.83. The van der Waals surface area contributed by atoms with Crippen LogP contribution in [0.25, 0.3) is 32.9 Å². The van der Waals surface area contributed by atoms with Crippen LogP contribution in [0.5, 0.6) is 11.6 Å². The summed E-state index contributed by atoms with van der Waals surface area (Å²) in [5.74, 6) is 0.905. The maximum atomic E-state index is 10.7. The number of anilines is 1. The van der Waals surface area contributed by atoms with E-state index in [0.29, 0.717) is 28.4 Å². The van der Waals surface area contributed by atoms with Gasteiger partial charge >= 0.3 is 0 Å². The van der Waals surface area contributed by atoms with E-state index in [2.05, 4.69) is 4.98 Å². The van der Waals surface area contributed by atoms with Crippen LogP contribution in [0.1, 0.15) is 25.3 Å². The zero-order valence-electron chi connectivity index (χ0n) is 15.0. The van der Waals surface area contributed by atoms with Crippen molar-refractivity contribution in [2.24, 2.45) is 0 Å². The van der Waals surface area contributed by atoms with Crippen molar-refractivity contribution in [3.8, 4) is 22.8 Å². The lowest BCUT2D eigenvalue weighted by atomic mass is 9.93. The number of rotatable bonds is 3. The first-order valence-electron chi connectivity index (χ1n) is 9.08. The number of hydrogen-bond donors (Lipinski definition) is 2. The maximum absolute atomic E-state index is 10.7. The van der Waals surface area contributed by atoms with E-state index in [1.54, 1.807) is 19.5 Å². The van der Waals surface area contributed by atoms with Crippen molar-refractivity contribution in [1.82, 2.24) is 14.5 Å². The van der Waals surface area contributed by atoms with Gasteiger partial charge in [0, 0.05) is 34.9 Å². The van der Waals surface area contributed by atoms with Crippen LogP contribution < -0.4 is 10.5 Å². The Balaban J connectivity index is 1.79. The molecule has 0 amide bonds. The molecule has 0 saturated heterocycles. The second kappa shape index (κ2) is 5.87. The highest BCUT2D eigenvalue weighted by Gasteiger charge is 2.25. The number of pyridine rings is 2. The van der Waals surface area contributed by atoms with Crippen molar-refractivity contribution in [3.05, 3.63) is 42.9 Å². The van der Waals surface area contributed by atoms with Gasteiger partial charge < -0.3 is 20.1 Å². The summed E-state index contributed by atoms with van der Waals surface area (Å²) in [4.78, 5) is 9.12. The van der Waals surface area contributed by atoms with E-state index in [-0.39, 0.29) is 5.88 Å². The maximum Gasteiger partial charge on any atom is 0.203 e. The summed E-state index contributed by atoms with van der Waals surface area (Å²) in [6.45, 7) is 0. The van der Waals surface area contributed by atoms with Gasteiger partial charge in [-0.25, -0.2) is 4.98 Å². The number of methoxy groups -OCH3 is 1. The van der Waals surface area contributed by atoms with Crippen LogP contribution in [0.4, 0.5) is 5.69 Å². The summed E-state index contributed by atoms with van der Waals surface area (Å²) in [6, 6.07) is 8.15. The standard InChI is InChI=1S/C21H20N4O2/c1-27-14-8-12(9-23-10-14)15-6-3-7-16-19(22)18-17(24-20(15)16)11-25(21(18)26)13-4-2-5-13/h3,6-11,13,26H,2,4-5,22H2,1H3. The Hall–Kier alpha value is -3.28. The zero-order valence-corrected chi connectivity index (χ0v) is 15.0. The van der Waals surface area contributed by atoms with E-state index >= 15 is 0 Å². The number of hydrogen-bond acceptors (Lipinski definition) is 5. The Labute approximate surface area is 156 Å². The molecule has 1 aromatic carbocycles. The molecule has 4 aromatic rings. The molecule has 0 spiro atoms. The Morgan fingerprint density at radius 1 is 1.26 bits per heavy atom. The highest BCUT2D eigenvalue weighted by Crippen LogP contribution is 2.43. The van der Waals surface area contributed by atoms with Gasteiger partial charge in [0.15, 0.2) is 0 Å². The molecule has 1 aliphatic carbocycles. The Morgan fingerprint density at radius 3 is 2.85 bits per heavy atom. The lowest BCUT2D eigenvalue weighted by Crippen LogP contribution is -2.15. The molecule has 3 heterocycles. The third kappa shape index (κ3) is 2.33. The Morgan fingerprint density at radius 2 is 2.11 bits per heavy atom. The van der Waals surface area contributed by atoms with Crippen LogP contribution in [0, 0.1) is 0 Å². The van der Waals surface area contributed by atoms with E-state index < -0.39 is 0 Å². The van der Waals surface area contributed by atoms with Gasteiger partial charge in [-0.3, -0.25) is 4.98 Å². The molecule has 1 saturated carbocycles. The second-order valence-corrected chi connectivity index (χ2v) is 7.05. The minimum Gasteiger partial charge on any atom is -0.495 e. The van der Waals surface area contributed by atoms with Crippen LogP contribution in [0.3, 0.4) is 0 Å². The van der Waals surface area contributed by atoms with Gasteiger partial charge in [-0.15, -0.1) is 0 Å². The second-order valence-electron chi connectivity index (χ2n) is 7.05. The van der Waals surface area contributed by atoms with Crippen molar-refractivity contribution >= 4 is 27.5 Å². The number of nitrogen functional groups attached to an aromatic ring is 1. The summed E-state index contributed by atoms with van der Waals surface area (Å²) < 4.78 is 7.22.